The second kappa shape index (κ2) is 330. The summed E-state index contributed by atoms with van der Waals surface area (Å²) in [5, 5.41) is 0. The van der Waals surface area contributed by atoms with Crippen LogP contribution in [-0.2, 0) is 343 Å². The molecule has 0 unspecified atom stereocenters. The van der Waals surface area contributed by atoms with E-state index < -0.39 is 0 Å². The summed E-state index contributed by atoms with van der Waals surface area (Å²) in [5.74, 6) is 0. The molecule has 0 atom stereocenters. The topological polar surface area (TPSA) is 0 Å². The van der Waals surface area contributed by atoms with E-state index in [0.29, 0.717) is 0 Å². The van der Waals surface area contributed by atoms with Crippen molar-refractivity contribution in [2.75, 3.05) is 0 Å². The summed E-state index contributed by atoms with van der Waals surface area (Å²) in [6.07, 6.45) is 0. The summed E-state index contributed by atoms with van der Waals surface area (Å²) in [7, 11) is 0. The standard InChI is InChI=1S/2Cu.2Mo.17S.2Sn.2V/q2*+2;2*+6;17*-2;2*+4;2*+5. The van der Waals surface area contributed by atoms with Crippen LogP contribution in [0.4, 0.5) is 0 Å². The Morgan fingerprint density at radius 2 is 0.200 bits per heavy atom. The second-order valence-electron chi connectivity index (χ2n) is 0. The van der Waals surface area contributed by atoms with Crippen molar-refractivity contribution in [3.05, 3.63) is 0 Å². The van der Waals surface area contributed by atoms with E-state index >= 15 is 0 Å². The molecule has 25 heteroatoms. The van der Waals surface area contributed by atoms with E-state index in [1.165, 1.54) is 0 Å². The first-order chi connectivity index (χ1) is 0. The third-order valence-corrected chi connectivity index (χ3v) is 0. The zero-order chi connectivity index (χ0) is 0. The number of hydrogen-bond acceptors (Lipinski definition) is 0. The monoisotopic (exact) mass is 1210 g/mol. The molecule has 0 aliphatic carbocycles. The summed E-state index contributed by atoms with van der Waals surface area (Å²) in [4.78, 5) is 0. The van der Waals surface area contributed by atoms with E-state index in [9.17, 15) is 0 Å². The van der Waals surface area contributed by atoms with Crippen LogP contribution < -0.4 is 0 Å². The molecule has 0 amide bonds. The molecule has 0 bridgehead atoms. The minimum atomic E-state index is 0. The molecule has 154 valence electrons. The van der Waals surface area contributed by atoms with Gasteiger partial charge >= 0.3 is 161 Å². The van der Waals surface area contributed by atoms with Gasteiger partial charge in [-0.1, -0.05) is 0 Å². The van der Waals surface area contributed by atoms with Crippen LogP contribution in [0.25, 0.3) is 0 Å². The van der Waals surface area contributed by atoms with Gasteiger partial charge in [-0.3, -0.25) is 0 Å². The normalized spacial score (nSPS) is 0. The van der Waals surface area contributed by atoms with Crippen molar-refractivity contribution in [3.63, 3.8) is 0 Å². The van der Waals surface area contributed by atoms with E-state index in [1.807, 2.05) is 0 Å². The Morgan fingerprint density at radius 1 is 0.200 bits per heavy atom. The van der Waals surface area contributed by atoms with Crippen molar-refractivity contribution in [2.45, 2.75) is 0 Å². The maximum atomic E-state index is 0. The predicted molar refractivity (Wildman–Crippen MR) is 137 cm³/mol. The molecule has 0 aliphatic rings. The zero-order valence-corrected chi connectivity index (χ0v) is 38.5. The molecule has 0 nitrogen and oxygen atoms in total. The Balaban J connectivity index is 0. The van der Waals surface area contributed by atoms with Gasteiger partial charge in [0.2, 0.25) is 0 Å². The molecule has 0 aromatic rings. The van der Waals surface area contributed by atoms with Crippen molar-refractivity contribution in [2.24, 2.45) is 0 Å². The molecule has 0 aromatic carbocycles. The quantitative estimate of drug-likeness (QED) is 0.279. The van der Waals surface area contributed by atoms with Gasteiger partial charge < -0.3 is 229 Å². The maximum absolute atomic E-state index is 0. The van der Waals surface area contributed by atoms with Crippen LogP contribution in [0, 0.1) is 0 Å². The Hall–Kier alpha value is 11.1. The third kappa shape index (κ3) is 311. The summed E-state index contributed by atoms with van der Waals surface area (Å²) < 4.78 is 0. The van der Waals surface area contributed by atoms with Crippen LogP contribution in [0.1, 0.15) is 0 Å². The van der Waals surface area contributed by atoms with Crippen LogP contribution in [0.2, 0.25) is 0 Å². The average molecular weight is 1200 g/mol. The molecule has 0 spiro atoms. The van der Waals surface area contributed by atoms with Gasteiger partial charge in [0, 0.05) is 0 Å². The van der Waals surface area contributed by atoms with Gasteiger partial charge in [0.05, 0.1) is 0 Å². The second-order valence-corrected chi connectivity index (χ2v) is 0. The van der Waals surface area contributed by atoms with Crippen LogP contribution >= 0.6 is 0 Å². The molecular weight excluding hydrogens is 1200 g/mol. The first-order valence-electron chi connectivity index (χ1n) is 0. The molecule has 0 heterocycles. The molecular formula is Cu2Mo2S17Sn2V2. The largest absolute Gasteiger partial charge is 6.00 e. The minimum Gasteiger partial charge on any atom is -2.00 e. The van der Waals surface area contributed by atoms with Crippen LogP contribution in [0.5, 0.6) is 0 Å². The Kier molecular flexibility index (Phi) is 4750. The molecule has 0 aliphatic heterocycles. The summed E-state index contributed by atoms with van der Waals surface area (Å²) in [6.45, 7) is 0. The van der Waals surface area contributed by atoms with Crippen LogP contribution in [-0.4, -0.2) is 47.8 Å². The van der Waals surface area contributed by atoms with E-state index in [2.05, 4.69) is 0 Å². The predicted octanol–water partition coefficient (Wildman–Crippen LogP) is -0.817. The van der Waals surface area contributed by atoms with Crippen molar-refractivity contribution in [1.82, 2.24) is 0 Å². The fourth-order valence-corrected chi connectivity index (χ4v) is 0. The van der Waals surface area contributed by atoms with E-state index in [4.69, 9.17) is 0 Å². The fourth-order valence-electron chi connectivity index (χ4n) is 0. The smallest absolute Gasteiger partial charge is 2.00 e. The first kappa shape index (κ1) is 360. The molecule has 25 heavy (non-hydrogen) atoms. The SMILES string of the molecule is [Cu+2].[Cu+2].[Mo+6].[Mo+6].[S-2].[S-2].[S-2].[S-2].[S-2].[S-2].[S-2].[S-2].[S-2].[S-2].[S-2].[S-2].[S-2].[S-2].[S-2].[S-2].[S-2].[Sn+4].[Sn+4].[V+5].[V+5]. The van der Waals surface area contributed by atoms with E-state index in [1.54, 1.807) is 0 Å². The maximum Gasteiger partial charge on any atom is 6.00 e. The van der Waals surface area contributed by atoms with Crippen molar-refractivity contribution in [3.8, 4) is 0 Å². The molecule has 0 N–H and O–H groups in total. The van der Waals surface area contributed by atoms with Gasteiger partial charge in [-0.05, 0) is 0 Å². The number of hydrogen-bond donors (Lipinski definition) is 0. The number of rotatable bonds is 0. The molecule has 0 saturated heterocycles. The molecule has 0 aromatic heterocycles. The first-order valence-corrected chi connectivity index (χ1v) is 0. The summed E-state index contributed by atoms with van der Waals surface area (Å²) >= 11 is 0. The Labute approximate surface area is 382 Å². The molecule has 0 fully saturated rings. The van der Waals surface area contributed by atoms with Crippen molar-refractivity contribution in [1.29, 1.82) is 0 Å². The third-order valence-electron chi connectivity index (χ3n) is 0. The van der Waals surface area contributed by atoms with Gasteiger partial charge in [-0.2, -0.15) is 0 Å². The van der Waals surface area contributed by atoms with Crippen LogP contribution in [0.3, 0.4) is 0 Å². The minimum absolute atomic E-state index is 0. The van der Waals surface area contributed by atoms with Gasteiger partial charge in [0.1, 0.15) is 0 Å². The Morgan fingerprint density at radius 3 is 0.200 bits per heavy atom. The molecule has 2 radical (unpaired) electrons. The molecule has 0 rings (SSSR count). The zero-order valence-electron chi connectivity index (χ0n) is 10.3. The van der Waals surface area contributed by atoms with E-state index in [-0.39, 0.29) is 391 Å². The fraction of sp³-hybridized carbons (Fsp3) is 0. The average Bonchev–Trinajstić information content (AvgIpc) is 0. The van der Waals surface area contributed by atoms with Gasteiger partial charge in [-0.15, -0.1) is 0 Å². The van der Waals surface area contributed by atoms with Crippen molar-refractivity contribution < 1.29 is 113 Å². The summed E-state index contributed by atoms with van der Waals surface area (Å²) in [5.41, 5.74) is 0. The Bertz CT molecular complexity index is 38.6. The molecule has 0 saturated carbocycles. The van der Waals surface area contributed by atoms with Gasteiger partial charge in [0.15, 0.2) is 0 Å². The van der Waals surface area contributed by atoms with Gasteiger partial charge in [-0.25, -0.2) is 0 Å². The van der Waals surface area contributed by atoms with Crippen molar-refractivity contribution >= 4 is 277 Å². The van der Waals surface area contributed by atoms with Gasteiger partial charge in [0.25, 0.3) is 0 Å². The summed E-state index contributed by atoms with van der Waals surface area (Å²) in [6, 6.07) is 0. The van der Waals surface area contributed by atoms with Crippen LogP contribution in [0.15, 0.2) is 0 Å². The van der Waals surface area contributed by atoms with E-state index in [0.717, 1.165) is 0 Å².